The molecule has 0 spiro atoms. The Morgan fingerprint density at radius 1 is 1.40 bits per heavy atom. The second kappa shape index (κ2) is 4.52. The maximum Gasteiger partial charge on any atom is 0.221 e. The summed E-state index contributed by atoms with van der Waals surface area (Å²) >= 11 is 3.49. The Balaban J connectivity index is 2.36. The summed E-state index contributed by atoms with van der Waals surface area (Å²) in [6.07, 6.45) is 1.88. The monoisotopic (exact) mass is 335 g/mol. The lowest BCUT2D eigenvalue weighted by Crippen LogP contribution is -1.97. The first kappa shape index (κ1) is 13.0. The molecule has 7 heteroatoms. The number of aromatic nitrogens is 4. The fraction of sp³-hybridized carbons (Fsp3) is 0.231. The highest BCUT2D eigenvalue weighted by atomic mass is 79.9. The van der Waals surface area contributed by atoms with Crippen LogP contribution in [0.4, 0.5) is 5.82 Å². The number of nitrogens with zero attached hydrogens (tertiary/aromatic N) is 4. The molecule has 3 heterocycles. The Labute approximate surface area is 124 Å². The Kier molecular flexibility index (Phi) is 2.93. The van der Waals surface area contributed by atoms with Gasteiger partial charge in [-0.3, -0.25) is 4.40 Å². The number of methoxy groups -OCH3 is 1. The minimum absolute atomic E-state index is 0.565. The second-order valence-corrected chi connectivity index (χ2v) is 5.34. The number of nitrogen functional groups attached to an aromatic ring is 1. The molecule has 0 fully saturated rings. The van der Waals surface area contributed by atoms with E-state index in [1.54, 1.807) is 11.8 Å². The van der Waals surface area contributed by atoms with Crippen molar-refractivity contribution in [2.45, 2.75) is 6.92 Å². The Bertz CT molecular complexity index is 805. The van der Waals surface area contributed by atoms with E-state index in [-0.39, 0.29) is 0 Å². The molecule has 0 aliphatic carbocycles. The SMILES string of the molecule is COc1c(-c2nc3c(Br)cccn3c2N)c(C)nn1C. The van der Waals surface area contributed by atoms with Gasteiger partial charge in [0.1, 0.15) is 11.5 Å². The third-order valence-electron chi connectivity index (χ3n) is 3.24. The van der Waals surface area contributed by atoms with Crippen molar-refractivity contribution in [3.63, 3.8) is 0 Å². The summed E-state index contributed by atoms with van der Waals surface area (Å²) in [4.78, 5) is 4.62. The first-order chi connectivity index (χ1) is 9.54. The van der Waals surface area contributed by atoms with Crippen molar-refractivity contribution < 1.29 is 4.74 Å². The van der Waals surface area contributed by atoms with Crippen LogP contribution in [0.3, 0.4) is 0 Å². The van der Waals surface area contributed by atoms with Gasteiger partial charge in [-0.15, -0.1) is 0 Å². The highest BCUT2D eigenvalue weighted by Gasteiger charge is 2.22. The highest BCUT2D eigenvalue weighted by molar-refractivity contribution is 9.10. The van der Waals surface area contributed by atoms with Crippen LogP contribution in [-0.4, -0.2) is 26.3 Å². The number of anilines is 1. The van der Waals surface area contributed by atoms with E-state index in [0.29, 0.717) is 17.4 Å². The number of nitrogens with two attached hydrogens (primary N) is 1. The van der Waals surface area contributed by atoms with Crippen LogP contribution in [0.1, 0.15) is 5.69 Å². The number of rotatable bonds is 2. The number of hydrogen-bond donors (Lipinski definition) is 1. The van der Waals surface area contributed by atoms with E-state index in [2.05, 4.69) is 26.0 Å². The lowest BCUT2D eigenvalue weighted by Gasteiger charge is -2.03. The zero-order valence-corrected chi connectivity index (χ0v) is 13.0. The van der Waals surface area contributed by atoms with Gasteiger partial charge in [0.05, 0.1) is 22.8 Å². The number of ether oxygens (including phenoxy) is 1. The molecule has 0 saturated heterocycles. The van der Waals surface area contributed by atoms with Crippen LogP contribution >= 0.6 is 15.9 Å². The lowest BCUT2D eigenvalue weighted by atomic mass is 10.2. The van der Waals surface area contributed by atoms with Crippen LogP contribution in [0.2, 0.25) is 0 Å². The van der Waals surface area contributed by atoms with Gasteiger partial charge in [-0.05, 0) is 35.0 Å². The van der Waals surface area contributed by atoms with Crippen molar-refractivity contribution in [2.24, 2.45) is 7.05 Å². The van der Waals surface area contributed by atoms with E-state index in [1.165, 1.54) is 0 Å². The minimum Gasteiger partial charge on any atom is -0.481 e. The van der Waals surface area contributed by atoms with Gasteiger partial charge in [0.25, 0.3) is 0 Å². The molecule has 0 aliphatic heterocycles. The first-order valence-electron chi connectivity index (χ1n) is 6.04. The van der Waals surface area contributed by atoms with Gasteiger partial charge >= 0.3 is 0 Å². The van der Waals surface area contributed by atoms with E-state index < -0.39 is 0 Å². The topological polar surface area (TPSA) is 70.4 Å². The number of pyridine rings is 1. The molecule has 0 aromatic carbocycles. The van der Waals surface area contributed by atoms with E-state index in [9.17, 15) is 0 Å². The van der Waals surface area contributed by atoms with Crippen LogP contribution in [0.5, 0.6) is 5.88 Å². The first-order valence-corrected chi connectivity index (χ1v) is 6.84. The molecule has 0 unspecified atom stereocenters. The number of halogens is 1. The third-order valence-corrected chi connectivity index (χ3v) is 3.86. The van der Waals surface area contributed by atoms with Gasteiger partial charge in [-0.1, -0.05) is 0 Å². The molecule has 0 bridgehead atoms. The van der Waals surface area contributed by atoms with E-state index in [4.69, 9.17) is 10.5 Å². The molecule has 0 aliphatic rings. The molecular weight excluding hydrogens is 322 g/mol. The zero-order chi connectivity index (χ0) is 14.4. The van der Waals surface area contributed by atoms with Crippen LogP contribution in [-0.2, 0) is 7.05 Å². The fourth-order valence-electron chi connectivity index (χ4n) is 2.38. The third kappa shape index (κ3) is 1.70. The van der Waals surface area contributed by atoms with E-state index >= 15 is 0 Å². The largest absolute Gasteiger partial charge is 0.481 e. The molecule has 3 rings (SSSR count). The maximum absolute atomic E-state index is 6.23. The average Bonchev–Trinajstić information content (AvgIpc) is 2.88. The Morgan fingerprint density at radius 3 is 2.80 bits per heavy atom. The smallest absolute Gasteiger partial charge is 0.221 e. The standard InChI is InChI=1S/C13H14BrN5O/c1-7-9(13(20-3)18(2)17-7)10-11(15)19-6-4-5-8(14)12(19)16-10/h4-6H,15H2,1-3H3. The van der Waals surface area contributed by atoms with Gasteiger partial charge in [-0.2, -0.15) is 5.10 Å². The predicted octanol–water partition coefficient (Wildman–Crippen LogP) is 2.40. The van der Waals surface area contributed by atoms with Gasteiger partial charge in [-0.25, -0.2) is 9.67 Å². The van der Waals surface area contributed by atoms with Gasteiger partial charge in [0.15, 0.2) is 5.65 Å². The van der Waals surface area contributed by atoms with Gasteiger partial charge < -0.3 is 10.5 Å². The summed E-state index contributed by atoms with van der Waals surface area (Å²) in [7, 11) is 3.44. The van der Waals surface area contributed by atoms with E-state index in [1.807, 2.05) is 36.7 Å². The molecular formula is C13H14BrN5O. The zero-order valence-electron chi connectivity index (χ0n) is 11.4. The van der Waals surface area contributed by atoms with Crippen molar-refractivity contribution in [2.75, 3.05) is 12.8 Å². The summed E-state index contributed by atoms with van der Waals surface area (Å²) < 4.78 is 9.83. The van der Waals surface area contributed by atoms with Crippen LogP contribution < -0.4 is 10.5 Å². The molecule has 0 radical (unpaired) electrons. The molecule has 104 valence electrons. The van der Waals surface area contributed by atoms with Crippen LogP contribution in [0.25, 0.3) is 16.9 Å². The van der Waals surface area contributed by atoms with Gasteiger partial charge in [0.2, 0.25) is 5.88 Å². The summed E-state index contributed by atoms with van der Waals surface area (Å²) in [6.45, 7) is 1.91. The molecule has 6 nitrogen and oxygen atoms in total. The Morgan fingerprint density at radius 2 is 2.15 bits per heavy atom. The highest BCUT2D eigenvalue weighted by Crippen LogP contribution is 2.36. The summed E-state index contributed by atoms with van der Waals surface area (Å²) in [5.41, 5.74) is 9.33. The molecule has 0 saturated carbocycles. The number of imidazole rings is 1. The van der Waals surface area contributed by atoms with Crippen molar-refractivity contribution >= 4 is 27.4 Å². The number of aryl methyl sites for hydroxylation is 2. The average molecular weight is 336 g/mol. The lowest BCUT2D eigenvalue weighted by molar-refractivity contribution is 0.374. The van der Waals surface area contributed by atoms with Crippen molar-refractivity contribution in [1.29, 1.82) is 0 Å². The Hall–Kier alpha value is -2.02. The van der Waals surface area contributed by atoms with E-state index in [0.717, 1.165) is 21.4 Å². The van der Waals surface area contributed by atoms with Crippen LogP contribution in [0, 0.1) is 6.92 Å². The van der Waals surface area contributed by atoms with Crippen LogP contribution in [0.15, 0.2) is 22.8 Å². The van der Waals surface area contributed by atoms with Crippen molar-refractivity contribution in [3.05, 3.63) is 28.5 Å². The molecule has 0 amide bonds. The molecule has 2 N–H and O–H groups in total. The molecule has 3 aromatic heterocycles. The second-order valence-electron chi connectivity index (χ2n) is 4.49. The van der Waals surface area contributed by atoms with Crippen molar-refractivity contribution in [3.8, 4) is 17.1 Å². The molecule has 20 heavy (non-hydrogen) atoms. The minimum atomic E-state index is 0.565. The normalized spacial score (nSPS) is 11.2. The fourth-order valence-corrected chi connectivity index (χ4v) is 2.81. The quantitative estimate of drug-likeness (QED) is 0.780. The summed E-state index contributed by atoms with van der Waals surface area (Å²) in [6, 6.07) is 3.84. The summed E-state index contributed by atoms with van der Waals surface area (Å²) in [5, 5.41) is 4.37. The summed E-state index contributed by atoms with van der Waals surface area (Å²) in [5.74, 6) is 1.21. The predicted molar refractivity (Wildman–Crippen MR) is 80.8 cm³/mol. The van der Waals surface area contributed by atoms with Crippen molar-refractivity contribution in [1.82, 2.24) is 19.2 Å². The maximum atomic E-state index is 6.23. The number of hydrogen-bond acceptors (Lipinski definition) is 4. The molecule has 3 aromatic rings. The number of fused-ring (bicyclic) bond motifs is 1. The molecule has 0 atom stereocenters. The van der Waals surface area contributed by atoms with Gasteiger partial charge in [0, 0.05) is 13.2 Å².